The number of rotatable bonds is 8. The van der Waals surface area contributed by atoms with Crippen molar-refractivity contribution < 1.29 is 13.5 Å². The zero-order valence-corrected chi connectivity index (χ0v) is 21.5. The molecule has 2 aromatic heterocycles. The minimum absolute atomic E-state index is 0.00664. The van der Waals surface area contributed by atoms with E-state index in [4.69, 9.17) is 16.5 Å². The summed E-state index contributed by atoms with van der Waals surface area (Å²) >= 11 is 5.94. The minimum Gasteiger partial charge on any atom is -0.487 e. The highest BCUT2D eigenvalue weighted by molar-refractivity contribution is 6.13. The maximum absolute atomic E-state index is 14.4. The van der Waals surface area contributed by atoms with Crippen LogP contribution in [0.25, 0.3) is 0 Å². The Hall–Kier alpha value is -3.12. The number of aromatic nitrogens is 6. The molecule has 2 aliphatic rings. The molecule has 1 aromatic carbocycles. The normalized spacial score (nSPS) is 21.4. The highest BCUT2D eigenvalue weighted by atomic mass is 35.5. The highest BCUT2D eigenvalue weighted by Gasteiger charge is 2.36. The van der Waals surface area contributed by atoms with Crippen LogP contribution in [0, 0.1) is 17.6 Å². The van der Waals surface area contributed by atoms with Crippen LogP contribution in [-0.2, 0) is 6.54 Å². The Morgan fingerprint density at radius 1 is 1.11 bits per heavy atom. The van der Waals surface area contributed by atoms with Crippen LogP contribution >= 0.6 is 11.8 Å². The molecule has 37 heavy (non-hydrogen) atoms. The lowest BCUT2D eigenvalue weighted by molar-refractivity contribution is 0.132. The van der Waals surface area contributed by atoms with Crippen LogP contribution < -0.4 is 19.4 Å². The van der Waals surface area contributed by atoms with Gasteiger partial charge in [-0.3, -0.25) is 0 Å². The highest BCUT2D eigenvalue weighted by Crippen LogP contribution is 2.32. The Labute approximate surface area is 219 Å². The second-order valence-electron chi connectivity index (χ2n) is 9.54. The lowest BCUT2D eigenvalue weighted by Gasteiger charge is -2.34. The quantitative estimate of drug-likeness (QED) is 0.438. The maximum atomic E-state index is 14.4. The first-order chi connectivity index (χ1) is 17.9. The molecule has 5 rings (SSSR count). The predicted octanol–water partition coefficient (Wildman–Crippen LogP) is 3.16. The number of nitrogens with zero attached hydrogens (tertiary/aromatic N) is 8. The van der Waals surface area contributed by atoms with Gasteiger partial charge in [0.15, 0.2) is 5.75 Å². The number of nitrogens with one attached hydrogen (secondary N) is 1. The van der Waals surface area contributed by atoms with Gasteiger partial charge in [-0.25, -0.2) is 23.6 Å². The molecular weight excluding hydrogens is 504 g/mol. The number of piperidine rings is 1. The number of halogens is 3. The van der Waals surface area contributed by atoms with Gasteiger partial charge in [0.1, 0.15) is 11.6 Å². The summed E-state index contributed by atoms with van der Waals surface area (Å²) in [7, 11) is 0. The summed E-state index contributed by atoms with van der Waals surface area (Å²) in [5, 5.41) is 12.6. The smallest absolute Gasteiger partial charge is 0.266 e. The second-order valence-corrected chi connectivity index (χ2v) is 9.76. The number of ether oxygens (including phenoxy) is 1. The average Bonchev–Trinajstić information content (AvgIpc) is 3.58. The summed E-state index contributed by atoms with van der Waals surface area (Å²) in [6.45, 7) is 7.30. The molecule has 0 unspecified atom stereocenters. The van der Waals surface area contributed by atoms with Crippen molar-refractivity contribution in [3.63, 3.8) is 0 Å². The third kappa shape index (κ3) is 5.59. The Balaban J connectivity index is 1.17. The van der Waals surface area contributed by atoms with E-state index in [0.717, 1.165) is 38.1 Å². The van der Waals surface area contributed by atoms with E-state index in [-0.39, 0.29) is 23.6 Å². The molecule has 2 saturated heterocycles. The lowest BCUT2D eigenvalue weighted by atomic mass is 9.92. The Kier molecular flexibility index (Phi) is 7.65. The molecule has 0 bridgehead atoms. The average molecular weight is 534 g/mol. The van der Waals surface area contributed by atoms with Gasteiger partial charge in [0.25, 0.3) is 5.95 Å². The fraction of sp³-hybridized carbons (Fsp3) is 0.542. The first-order valence-electron chi connectivity index (χ1n) is 12.5. The van der Waals surface area contributed by atoms with Crippen LogP contribution in [-0.4, -0.2) is 68.5 Å². The summed E-state index contributed by atoms with van der Waals surface area (Å²) in [6, 6.07) is 3.18. The van der Waals surface area contributed by atoms with Gasteiger partial charge in [-0.2, -0.15) is 4.80 Å². The molecule has 2 aliphatic heterocycles. The molecule has 0 aliphatic carbocycles. The molecule has 3 atom stereocenters. The molecule has 0 amide bonds. The number of benzene rings is 1. The molecule has 0 radical (unpaired) electrons. The van der Waals surface area contributed by atoms with Gasteiger partial charge in [0.2, 0.25) is 5.95 Å². The molecule has 0 saturated carbocycles. The van der Waals surface area contributed by atoms with Crippen molar-refractivity contribution in [2.45, 2.75) is 51.3 Å². The third-order valence-corrected chi connectivity index (χ3v) is 7.53. The van der Waals surface area contributed by atoms with Crippen LogP contribution in [0.1, 0.15) is 38.2 Å². The van der Waals surface area contributed by atoms with Gasteiger partial charge in [-0.1, -0.05) is 5.10 Å². The fourth-order valence-electron chi connectivity index (χ4n) is 5.10. The first kappa shape index (κ1) is 25.5. The van der Waals surface area contributed by atoms with Crippen molar-refractivity contribution in [1.82, 2.24) is 35.0 Å². The lowest BCUT2D eigenvalue weighted by Crippen LogP contribution is -2.39. The summed E-state index contributed by atoms with van der Waals surface area (Å²) in [6.07, 6.45) is 5.21. The number of hydrogen-bond acceptors (Lipinski definition) is 9. The monoisotopic (exact) mass is 533 g/mol. The van der Waals surface area contributed by atoms with E-state index in [1.165, 1.54) is 6.07 Å². The van der Waals surface area contributed by atoms with Crippen LogP contribution in [0.5, 0.6) is 5.75 Å². The molecule has 13 heteroatoms. The van der Waals surface area contributed by atoms with Crippen LogP contribution in [0.3, 0.4) is 0 Å². The predicted molar refractivity (Wildman–Crippen MR) is 135 cm³/mol. The van der Waals surface area contributed by atoms with E-state index in [9.17, 15) is 8.78 Å². The van der Waals surface area contributed by atoms with E-state index in [2.05, 4.69) is 42.0 Å². The largest absolute Gasteiger partial charge is 0.487 e. The third-order valence-electron chi connectivity index (χ3n) is 7.25. The fourth-order valence-corrected chi connectivity index (χ4v) is 5.32. The topological polar surface area (TPSA) is 97.1 Å². The molecule has 0 spiro atoms. The van der Waals surface area contributed by atoms with Crippen molar-refractivity contribution in [1.29, 1.82) is 0 Å². The Morgan fingerprint density at radius 2 is 1.86 bits per heavy atom. The SMILES string of the molecule is CCn1nnc(N2CCC([C@H](C)Oc3cnc(N4C[C@H](NCl)[C@@H](c5cc(F)ccc5F)C4)nc3)CC2)n1. The molecule has 1 N–H and O–H groups in total. The van der Waals surface area contributed by atoms with Crippen molar-refractivity contribution >= 4 is 23.7 Å². The van der Waals surface area contributed by atoms with Gasteiger partial charge in [0, 0.05) is 38.1 Å². The molecule has 4 heterocycles. The van der Waals surface area contributed by atoms with E-state index in [1.54, 1.807) is 17.2 Å². The Morgan fingerprint density at radius 3 is 2.54 bits per heavy atom. The zero-order valence-electron chi connectivity index (χ0n) is 20.8. The van der Waals surface area contributed by atoms with Crippen LogP contribution in [0.15, 0.2) is 30.6 Å². The molecule has 2 fully saturated rings. The Bertz CT molecular complexity index is 1190. The summed E-state index contributed by atoms with van der Waals surface area (Å²) in [5.74, 6) is 0.837. The van der Waals surface area contributed by atoms with E-state index in [1.807, 2.05) is 11.8 Å². The zero-order chi connectivity index (χ0) is 25.9. The van der Waals surface area contributed by atoms with Gasteiger partial charge in [-0.15, -0.1) is 5.10 Å². The summed E-state index contributed by atoms with van der Waals surface area (Å²) in [5.41, 5.74) is 0.284. The number of tetrazole rings is 1. The van der Waals surface area contributed by atoms with Crippen LogP contribution in [0.4, 0.5) is 20.7 Å². The van der Waals surface area contributed by atoms with Crippen molar-refractivity contribution in [2.75, 3.05) is 36.0 Å². The van der Waals surface area contributed by atoms with E-state index in [0.29, 0.717) is 43.2 Å². The minimum atomic E-state index is -0.485. The van der Waals surface area contributed by atoms with Crippen molar-refractivity contribution in [3.8, 4) is 5.75 Å². The van der Waals surface area contributed by atoms with Gasteiger partial charge >= 0.3 is 0 Å². The van der Waals surface area contributed by atoms with E-state index < -0.39 is 11.6 Å². The standard InChI is InChI=1S/C24H30ClF2N9O/c1-3-36-32-24(31-33-36)34-8-6-16(7-9-34)15(2)37-18-11-28-23(29-12-18)35-13-20(22(14-35)30-25)19-10-17(26)4-5-21(19)27/h4-5,10-12,15-16,20,22,30H,3,6-9,13-14H2,1-2H3/t15-,20+,22-/m0/s1. The number of anilines is 2. The number of aryl methyl sites for hydroxylation is 1. The van der Waals surface area contributed by atoms with Gasteiger partial charge in [-0.05, 0) is 73.4 Å². The number of hydrogen-bond donors (Lipinski definition) is 1. The molecule has 3 aromatic rings. The summed E-state index contributed by atoms with van der Waals surface area (Å²) in [4.78, 5) is 17.3. The molecular formula is C24H30ClF2N9O. The van der Waals surface area contributed by atoms with Crippen molar-refractivity contribution in [3.05, 3.63) is 47.8 Å². The molecule has 198 valence electrons. The second kappa shape index (κ2) is 11.1. The van der Waals surface area contributed by atoms with Gasteiger partial charge in [0.05, 0.1) is 25.0 Å². The van der Waals surface area contributed by atoms with Crippen molar-refractivity contribution in [2.24, 2.45) is 5.92 Å². The van der Waals surface area contributed by atoms with E-state index >= 15 is 0 Å². The van der Waals surface area contributed by atoms with Crippen LogP contribution in [0.2, 0.25) is 0 Å². The summed E-state index contributed by atoms with van der Waals surface area (Å²) < 4.78 is 34.3. The maximum Gasteiger partial charge on any atom is 0.266 e. The van der Waals surface area contributed by atoms with Gasteiger partial charge < -0.3 is 14.5 Å². The first-order valence-corrected chi connectivity index (χ1v) is 12.9. The molecule has 10 nitrogen and oxygen atoms in total.